The molecule has 2 bridgehead atoms. The van der Waals surface area contributed by atoms with Gasteiger partial charge < -0.3 is 19.8 Å². The van der Waals surface area contributed by atoms with Crippen LogP contribution in [-0.4, -0.2) is 52.2 Å². The number of phenols is 1. The van der Waals surface area contributed by atoms with E-state index in [-0.39, 0.29) is 36.7 Å². The summed E-state index contributed by atoms with van der Waals surface area (Å²) < 4.78 is 29.5. The van der Waals surface area contributed by atoms with Crippen LogP contribution in [0.5, 0.6) is 11.5 Å². The molecule has 1 aromatic rings. The lowest BCUT2D eigenvalue weighted by atomic mass is 9.49. The van der Waals surface area contributed by atoms with Crippen LogP contribution in [-0.2, 0) is 16.6 Å². The van der Waals surface area contributed by atoms with Crippen LogP contribution in [0, 0.1) is 0 Å². The zero-order valence-electron chi connectivity index (χ0n) is 15.0. The third-order valence-electron chi connectivity index (χ3n) is 6.26. The third kappa shape index (κ3) is 1.13. The van der Waals surface area contributed by atoms with Crippen molar-refractivity contribution >= 4 is 5.78 Å². The number of likely N-dealkylation sites (tertiary alicyclic amines) is 1. The van der Waals surface area contributed by atoms with E-state index in [4.69, 9.17) is 8.85 Å². The van der Waals surface area contributed by atoms with Gasteiger partial charge >= 0.3 is 0 Å². The van der Waals surface area contributed by atoms with E-state index < -0.39 is 30.1 Å². The highest BCUT2D eigenvalue weighted by molar-refractivity contribution is 5.90. The molecule has 1 saturated heterocycles. The molecule has 2 aliphatic carbocycles. The van der Waals surface area contributed by atoms with Gasteiger partial charge in [0.25, 0.3) is 0 Å². The van der Waals surface area contributed by atoms with Crippen LogP contribution < -0.4 is 4.74 Å². The molecule has 2 aliphatic heterocycles. The maximum absolute atomic E-state index is 12.6. The van der Waals surface area contributed by atoms with Gasteiger partial charge in [-0.1, -0.05) is 6.07 Å². The Balaban J connectivity index is 1.80. The Morgan fingerprint density at radius 3 is 3.14 bits per heavy atom. The number of carbonyl (C=O) groups excluding carboxylic acids is 1. The minimum Gasteiger partial charge on any atom is -0.504 e. The number of ketones is 1. The van der Waals surface area contributed by atoms with Crippen LogP contribution in [0.1, 0.15) is 34.5 Å². The number of benzene rings is 1. The molecule has 0 amide bonds. The molecule has 1 aromatic carbocycles. The number of aromatic hydroxyl groups is 1. The van der Waals surface area contributed by atoms with Gasteiger partial charge in [-0.25, -0.2) is 0 Å². The zero-order chi connectivity index (χ0) is 17.8. The summed E-state index contributed by atoms with van der Waals surface area (Å²) in [6, 6.07) is 2.68. The lowest BCUT2D eigenvalue weighted by molar-refractivity contribution is -0.185. The van der Waals surface area contributed by atoms with Gasteiger partial charge in [-0.2, -0.15) is 0 Å². The average molecular weight is 305 g/mol. The van der Waals surface area contributed by atoms with Crippen LogP contribution in [0.3, 0.4) is 0 Å². The van der Waals surface area contributed by atoms with Crippen molar-refractivity contribution in [2.45, 2.75) is 48.8 Å². The number of phenolic OH excluding ortho intramolecular Hbond substituents is 1. The van der Waals surface area contributed by atoms with Crippen LogP contribution in [0.4, 0.5) is 0 Å². The van der Waals surface area contributed by atoms with E-state index in [1.165, 1.54) is 11.0 Å². The molecule has 1 saturated carbocycles. The minimum absolute atomic E-state index is 0.0330. The third-order valence-corrected chi connectivity index (χ3v) is 6.26. The molecule has 4 atom stereocenters. The summed E-state index contributed by atoms with van der Waals surface area (Å²) in [5, 5.41) is 22.0. The first kappa shape index (κ1) is 10.2. The maximum Gasteiger partial charge on any atom is 0.174 e. The largest absolute Gasteiger partial charge is 0.504 e. The highest BCUT2D eigenvalue weighted by Crippen LogP contribution is 2.64. The number of Topliss-reactive ketones (excluding diaryl/α,β-unsaturated/α-hetero) is 1. The van der Waals surface area contributed by atoms with E-state index in [0.29, 0.717) is 12.8 Å². The topological polar surface area (TPSA) is 70.0 Å². The number of rotatable bonds is 0. The summed E-state index contributed by atoms with van der Waals surface area (Å²) in [7, 11) is 0. The number of ether oxygens (including phenoxy) is 1. The maximum atomic E-state index is 12.6. The number of hydrogen-bond acceptors (Lipinski definition) is 5. The van der Waals surface area contributed by atoms with Crippen molar-refractivity contribution in [3.63, 3.8) is 0 Å². The Labute approximate surface area is 132 Å². The molecule has 4 aliphatic rings. The molecule has 0 aromatic heterocycles. The highest BCUT2D eigenvalue weighted by Gasteiger charge is 2.72. The molecular formula is C17H19NO4. The van der Waals surface area contributed by atoms with E-state index >= 15 is 0 Å². The van der Waals surface area contributed by atoms with E-state index in [0.717, 1.165) is 11.1 Å². The van der Waals surface area contributed by atoms with Gasteiger partial charge in [0.1, 0.15) is 0 Å². The first-order valence-electron chi connectivity index (χ1n) is 9.24. The minimum atomic E-state index is -2.31. The molecule has 0 unspecified atom stereocenters. The number of piperidine rings is 1. The Morgan fingerprint density at radius 2 is 2.32 bits per heavy atom. The Bertz CT molecular complexity index is 810. The Morgan fingerprint density at radius 1 is 1.45 bits per heavy atom. The molecule has 0 radical (unpaired) electrons. The van der Waals surface area contributed by atoms with Crippen molar-refractivity contribution in [1.82, 2.24) is 4.90 Å². The fourth-order valence-electron chi connectivity index (χ4n) is 5.33. The van der Waals surface area contributed by atoms with E-state index in [1.54, 1.807) is 6.07 Å². The molecule has 2 N–H and O–H groups in total. The summed E-state index contributed by atoms with van der Waals surface area (Å²) >= 11 is 0. The van der Waals surface area contributed by atoms with E-state index in [9.17, 15) is 15.0 Å². The van der Waals surface area contributed by atoms with Gasteiger partial charge in [0.05, 0.1) is 11.0 Å². The first-order valence-corrected chi connectivity index (χ1v) is 7.74. The predicted molar refractivity (Wildman–Crippen MR) is 78.1 cm³/mol. The number of likely N-dealkylation sites (N-methyl/N-ethyl adjacent to an activating group) is 1. The van der Waals surface area contributed by atoms with E-state index in [1.807, 2.05) is 0 Å². The molecule has 2 fully saturated rings. The van der Waals surface area contributed by atoms with Gasteiger partial charge in [0, 0.05) is 22.1 Å². The molecule has 116 valence electrons. The van der Waals surface area contributed by atoms with Crippen LogP contribution in [0.2, 0.25) is 0 Å². The van der Waals surface area contributed by atoms with Crippen molar-refractivity contribution in [1.29, 1.82) is 0 Å². The van der Waals surface area contributed by atoms with Gasteiger partial charge in [0.2, 0.25) is 0 Å². The highest BCUT2D eigenvalue weighted by atomic mass is 16.5. The Hall–Kier alpha value is -1.59. The molecule has 1 spiro atoms. The predicted octanol–water partition coefficient (Wildman–Crippen LogP) is 0.745. The lowest BCUT2D eigenvalue weighted by Gasteiger charge is -2.61. The van der Waals surface area contributed by atoms with Crippen molar-refractivity contribution in [3.8, 4) is 11.5 Å². The number of carbonyl (C=O) groups is 1. The quantitative estimate of drug-likeness (QED) is 0.692. The fraction of sp³-hybridized carbons (Fsp3) is 0.588. The first-order chi connectivity index (χ1) is 11.7. The van der Waals surface area contributed by atoms with Crippen LogP contribution in [0.15, 0.2) is 12.1 Å². The van der Waals surface area contributed by atoms with Crippen LogP contribution in [0.25, 0.3) is 0 Å². The molecule has 22 heavy (non-hydrogen) atoms. The molecule has 2 heterocycles. The van der Waals surface area contributed by atoms with Crippen molar-refractivity contribution in [2.75, 3.05) is 13.5 Å². The number of hydrogen-bond donors (Lipinski definition) is 2. The normalized spacial score (nSPS) is 44.6. The molecule has 5 nitrogen and oxygen atoms in total. The second kappa shape index (κ2) is 3.66. The van der Waals surface area contributed by atoms with Gasteiger partial charge in [-0.15, -0.1) is 0 Å². The second-order valence-corrected chi connectivity index (χ2v) is 6.97. The summed E-state index contributed by atoms with van der Waals surface area (Å²) in [6.45, 7) is -2.05. The summed E-state index contributed by atoms with van der Waals surface area (Å²) in [5.74, 6) is 0.167. The van der Waals surface area contributed by atoms with Gasteiger partial charge in [0.15, 0.2) is 23.4 Å². The second-order valence-electron chi connectivity index (χ2n) is 6.97. The molecule has 5 rings (SSSR count). The van der Waals surface area contributed by atoms with Crippen molar-refractivity contribution in [3.05, 3.63) is 23.3 Å². The monoisotopic (exact) mass is 305 g/mol. The van der Waals surface area contributed by atoms with Crippen molar-refractivity contribution in [2.24, 2.45) is 0 Å². The zero-order valence-corrected chi connectivity index (χ0v) is 12.0. The fourth-order valence-corrected chi connectivity index (χ4v) is 5.33. The lowest BCUT2D eigenvalue weighted by Crippen LogP contribution is -2.76. The van der Waals surface area contributed by atoms with Crippen molar-refractivity contribution < 1.29 is 23.9 Å². The molecule has 5 heteroatoms. The standard InChI is InChI=1S/C17H19NO4/c1-18-7-6-16-13-9-2-3-10(19)14(13)22-15(16)11(20)4-5-17(16,21)12(18)8-9/h2-3,12,15,19,21H,4-8H2,1H3/t12-,15+,16+,17-/m1/s1/i1+1D3. The SMILES string of the molecule is [2H][13C]([2H])([2H])N1CC[C@]23c4c5ccc(O)c4O[C@H]2C(=O)CC[C@@]3(O)[C@H]1C5. The van der Waals surface area contributed by atoms with Gasteiger partial charge in [-0.05, 0) is 44.4 Å². The Kier molecular flexibility index (Phi) is 1.70. The smallest absolute Gasteiger partial charge is 0.174 e. The summed E-state index contributed by atoms with van der Waals surface area (Å²) in [4.78, 5) is 14.0. The summed E-state index contributed by atoms with van der Waals surface area (Å²) in [6.07, 6.45) is 0.201. The average Bonchev–Trinajstić information content (AvgIpc) is 2.87. The number of nitrogens with zero attached hydrogens (tertiary/aromatic N) is 1. The summed E-state index contributed by atoms with van der Waals surface area (Å²) in [5.41, 5.74) is -0.746. The van der Waals surface area contributed by atoms with E-state index in [2.05, 4.69) is 0 Å². The number of aliphatic hydroxyl groups is 1. The molecular weight excluding hydrogens is 283 g/mol. The van der Waals surface area contributed by atoms with Crippen LogP contribution >= 0.6 is 0 Å². The van der Waals surface area contributed by atoms with Gasteiger partial charge in [-0.3, -0.25) is 4.79 Å².